The molecule has 0 bridgehead atoms. The Morgan fingerprint density at radius 3 is 2.50 bits per heavy atom. The second-order valence-electron chi connectivity index (χ2n) is 5.00. The maximum atomic E-state index is 3.78. The van der Waals surface area contributed by atoms with Gasteiger partial charge in [0.15, 0.2) is 0 Å². The van der Waals surface area contributed by atoms with E-state index in [1.54, 1.807) is 0 Å². The largest absolute Gasteiger partial charge is 0.314 e. The van der Waals surface area contributed by atoms with Gasteiger partial charge in [-0.25, -0.2) is 0 Å². The quantitative estimate of drug-likeness (QED) is 0.484. The van der Waals surface area contributed by atoms with Crippen molar-refractivity contribution in [2.45, 2.75) is 51.0 Å². The highest BCUT2D eigenvalue weighted by Gasteiger charge is 2.31. The zero-order chi connectivity index (χ0) is 9.80. The number of nitrogens with one attached hydrogen (secondary N) is 1. The van der Waals surface area contributed by atoms with E-state index >= 15 is 0 Å². The van der Waals surface area contributed by atoms with E-state index in [4.69, 9.17) is 0 Å². The normalized spacial score (nSPS) is 31.1. The summed E-state index contributed by atoms with van der Waals surface area (Å²) in [5.41, 5.74) is 0. The second-order valence-corrected chi connectivity index (χ2v) is 5.00. The van der Waals surface area contributed by atoms with Gasteiger partial charge in [-0.3, -0.25) is 0 Å². The van der Waals surface area contributed by atoms with Crippen molar-refractivity contribution in [1.82, 2.24) is 5.32 Å². The molecule has 14 heavy (non-hydrogen) atoms. The zero-order valence-corrected chi connectivity index (χ0v) is 9.17. The van der Waals surface area contributed by atoms with Crippen molar-refractivity contribution in [2.24, 2.45) is 11.8 Å². The summed E-state index contributed by atoms with van der Waals surface area (Å²) in [5, 5.41) is 3.66. The van der Waals surface area contributed by atoms with E-state index in [-0.39, 0.29) is 0 Å². The molecule has 2 rings (SSSR count). The molecule has 2 unspecified atom stereocenters. The number of allylic oxidation sites excluding steroid dienone is 1. The fraction of sp³-hybridized carbons (Fsp3) is 0.846. The van der Waals surface area contributed by atoms with E-state index in [1.165, 1.54) is 51.5 Å². The fourth-order valence-electron chi connectivity index (χ4n) is 2.42. The molecule has 2 fully saturated rings. The molecule has 2 atom stereocenters. The SMILES string of the molecule is C=CCCCC1CCC1CNC1CC1. The van der Waals surface area contributed by atoms with Crippen LogP contribution in [0.5, 0.6) is 0 Å². The van der Waals surface area contributed by atoms with Crippen LogP contribution in [0.3, 0.4) is 0 Å². The first-order chi connectivity index (χ1) is 6.90. The highest BCUT2D eigenvalue weighted by molar-refractivity contribution is 4.87. The fourth-order valence-corrected chi connectivity index (χ4v) is 2.42. The summed E-state index contributed by atoms with van der Waals surface area (Å²) in [6.45, 7) is 5.07. The van der Waals surface area contributed by atoms with Gasteiger partial charge in [-0.1, -0.05) is 6.08 Å². The lowest BCUT2D eigenvalue weighted by atomic mass is 9.71. The summed E-state index contributed by atoms with van der Waals surface area (Å²) < 4.78 is 0. The first-order valence-corrected chi connectivity index (χ1v) is 6.24. The minimum absolute atomic E-state index is 0.893. The van der Waals surface area contributed by atoms with Gasteiger partial charge in [-0.05, 0) is 63.3 Å². The average molecular weight is 193 g/mol. The lowest BCUT2D eigenvalue weighted by Crippen LogP contribution is -2.36. The van der Waals surface area contributed by atoms with Crippen molar-refractivity contribution in [3.8, 4) is 0 Å². The van der Waals surface area contributed by atoms with Crippen molar-refractivity contribution < 1.29 is 0 Å². The summed E-state index contributed by atoms with van der Waals surface area (Å²) >= 11 is 0. The zero-order valence-electron chi connectivity index (χ0n) is 9.17. The van der Waals surface area contributed by atoms with Crippen LogP contribution in [-0.4, -0.2) is 12.6 Å². The molecular weight excluding hydrogens is 170 g/mol. The van der Waals surface area contributed by atoms with Gasteiger partial charge in [0, 0.05) is 6.04 Å². The lowest BCUT2D eigenvalue weighted by molar-refractivity contribution is 0.157. The van der Waals surface area contributed by atoms with Crippen LogP contribution in [-0.2, 0) is 0 Å². The highest BCUT2D eigenvalue weighted by Crippen LogP contribution is 2.37. The lowest BCUT2D eigenvalue weighted by Gasteiger charge is -2.37. The average Bonchev–Trinajstić information content (AvgIpc) is 2.94. The minimum atomic E-state index is 0.893. The molecule has 1 nitrogen and oxygen atoms in total. The Labute approximate surface area is 88.0 Å². The smallest absolute Gasteiger partial charge is 0.00683 e. The predicted octanol–water partition coefficient (Wildman–Crippen LogP) is 3.12. The molecule has 0 aromatic heterocycles. The summed E-state index contributed by atoms with van der Waals surface area (Å²) in [5.74, 6) is 2.03. The Hall–Kier alpha value is -0.300. The van der Waals surface area contributed by atoms with E-state index in [2.05, 4.69) is 18.0 Å². The second kappa shape index (κ2) is 4.97. The van der Waals surface area contributed by atoms with Gasteiger partial charge >= 0.3 is 0 Å². The molecule has 0 aliphatic heterocycles. The summed E-state index contributed by atoms with van der Waals surface area (Å²) in [4.78, 5) is 0. The van der Waals surface area contributed by atoms with Gasteiger partial charge in [0.2, 0.25) is 0 Å². The van der Waals surface area contributed by atoms with E-state index < -0.39 is 0 Å². The minimum Gasteiger partial charge on any atom is -0.314 e. The maximum absolute atomic E-state index is 3.78. The van der Waals surface area contributed by atoms with Gasteiger partial charge < -0.3 is 5.32 Å². The molecule has 2 saturated carbocycles. The number of unbranched alkanes of at least 4 members (excludes halogenated alkanes) is 1. The molecule has 0 saturated heterocycles. The molecule has 2 aliphatic rings. The van der Waals surface area contributed by atoms with Crippen LogP contribution in [0.2, 0.25) is 0 Å². The molecule has 0 spiro atoms. The first kappa shape index (κ1) is 10.2. The Balaban J connectivity index is 1.54. The molecule has 1 heteroatoms. The molecule has 0 radical (unpaired) electrons. The standard InChI is InChI=1S/C13H23N/c1-2-3-4-5-11-6-7-12(11)10-14-13-8-9-13/h2,11-14H,1,3-10H2. The third-order valence-electron chi connectivity index (χ3n) is 3.80. The Kier molecular flexibility index (Phi) is 3.63. The number of hydrogen-bond donors (Lipinski definition) is 1. The van der Waals surface area contributed by atoms with Crippen LogP contribution in [0.1, 0.15) is 44.9 Å². The van der Waals surface area contributed by atoms with Crippen LogP contribution in [0, 0.1) is 11.8 Å². The number of hydrogen-bond acceptors (Lipinski definition) is 1. The molecular formula is C13H23N. The van der Waals surface area contributed by atoms with Crippen molar-refractivity contribution in [2.75, 3.05) is 6.54 Å². The van der Waals surface area contributed by atoms with Gasteiger partial charge in [0.05, 0.1) is 0 Å². The molecule has 2 aliphatic carbocycles. The van der Waals surface area contributed by atoms with E-state index in [0.717, 1.165) is 17.9 Å². The van der Waals surface area contributed by atoms with E-state index in [0.29, 0.717) is 0 Å². The predicted molar refractivity (Wildman–Crippen MR) is 61.3 cm³/mol. The summed E-state index contributed by atoms with van der Waals surface area (Å²) in [6, 6.07) is 0.893. The van der Waals surface area contributed by atoms with E-state index in [9.17, 15) is 0 Å². The Morgan fingerprint density at radius 2 is 1.93 bits per heavy atom. The topological polar surface area (TPSA) is 12.0 Å². The van der Waals surface area contributed by atoms with E-state index in [1.807, 2.05) is 0 Å². The summed E-state index contributed by atoms with van der Waals surface area (Å²) in [7, 11) is 0. The monoisotopic (exact) mass is 193 g/mol. The van der Waals surface area contributed by atoms with Crippen LogP contribution in [0.25, 0.3) is 0 Å². The molecule has 80 valence electrons. The molecule has 0 heterocycles. The third kappa shape index (κ3) is 2.84. The van der Waals surface area contributed by atoms with Crippen molar-refractivity contribution in [3.05, 3.63) is 12.7 Å². The van der Waals surface area contributed by atoms with Gasteiger partial charge in [0.25, 0.3) is 0 Å². The Bertz CT molecular complexity index is 184. The van der Waals surface area contributed by atoms with Gasteiger partial charge in [0.1, 0.15) is 0 Å². The summed E-state index contributed by atoms with van der Waals surface area (Å²) in [6.07, 6.45) is 11.8. The number of rotatable bonds is 7. The Morgan fingerprint density at radius 1 is 1.14 bits per heavy atom. The maximum Gasteiger partial charge on any atom is 0.00683 e. The molecule has 0 amide bonds. The van der Waals surface area contributed by atoms with Crippen molar-refractivity contribution >= 4 is 0 Å². The van der Waals surface area contributed by atoms with Crippen LogP contribution in [0.4, 0.5) is 0 Å². The molecule has 1 N–H and O–H groups in total. The molecule has 0 aromatic carbocycles. The van der Waals surface area contributed by atoms with Crippen LogP contribution >= 0.6 is 0 Å². The highest BCUT2D eigenvalue weighted by atomic mass is 14.9. The van der Waals surface area contributed by atoms with Gasteiger partial charge in [-0.2, -0.15) is 0 Å². The van der Waals surface area contributed by atoms with Crippen molar-refractivity contribution in [3.63, 3.8) is 0 Å². The van der Waals surface area contributed by atoms with Crippen LogP contribution < -0.4 is 5.32 Å². The van der Waals surface area contributed by atoms with Gasteiger partial charge in [-0.15, -0.1) is 6.58 Å². The van der Waals surface area contributed by atoms with Crippen LogP contribution in [0.15, 0.2) is 12.7 Å². The first-order valence-electron chi connectivity index (χ1n) is 6.24. The molecule has 0 aromatic rings. The third-order valence-corrected chi connectivity index (χ3v) is 3.80. The van der Waals surface area contributed by atoms with Crippen molar-refractivity contribution in [1.29, 1.82) is 0 Å².